The first kappa shape index (κ1) is 12.2. The second-order valence-corrected chi connectivity index (χ2v) is 3.40. The van der Waals surface area contributed by atoms with Gasteiger partial charge in [0, 0.05) is 12.8 Å². The van der Waals surface area contributed by atoms with Gasteiger partial charge in [-0.3, -0.25) is 4.79 Å². The molecule has 0 saturated heterocycles. The molecule has 1 aromatic rings. The number of carbonyl (C=O) groups is 1. The Labute approximate surface area is 94.8 Å². The van der Waals surface area contributed by atoms with Crippen molar-refractivity contribution >= 4 is 11.6 Å². The molecule has 16 heavy (non-hydrogen) atoms. The van der Waals surface area contributed by atoms with Crippen LogP contribution in [0.5, 0.6) is 0 Å². The van der Waals surface area contributed by atoms with Crippen molar-refractivity contribution in [1.82, 2.24) is 0 Å². The van der Waals surface area contributed by atoms with Crippen LogP contribution in [0.15, 0.2) is 24.3 Å². The molecular weight excluding hydrogens is 204 g/mol. The largest absolute Gasteiger partial charge is 0.372 e. The number of anilines is 1. The Kier molecular flexibility index (Phi) is 4.49. The first-order chi connectivity index (χ1) is 7.67. The highest BCUT2D eigenvalue weighted by molar-refractivity contribution is 5.93. The zero-order valence-electron chi connectivity index (χ0n) is 9.36. The molecule has 0 fully saturated rings. The number of ether oxygens (including phenoxy) is 1. The van der Waals surface area contributed by atoms with Crippen LogP contribution in [0.4, 0.5) is 5.69 Å². The molecule has 0 aromatic heterocycles. The van der Waals surface area contributed by atoms with Gasteiger partial charge in [0.1, 0.15) is 6.10 Å². The number of carbonyl (C=O) groups excluding carboxylic acids is 1. The van der Waals surface area contributed by atoms with E-state index in [1.165, 1.54) is 7.11 Å². The molecule has 84 valence electrons. The highest BCUT2D eigenvalue weighted by atomic mass is 16.5. The Bertz CT molecular complexity index is 392. The normalized spacial score (nSPS) is 11.6. The van der Waals surface area contributed by atoms with Gasteiger partial charge in [-0.05, 0) is 24.6 Å². The number of nitriles is 1. The monoisotopic (exact) mass is 218 g/mol. The predicted octanol–water partition coefficient (Wildman–Crippen LogP) is 1.73. The average Bonchev–Trinajstić information content (AvgIpc) is 2.31. The summed E-state index contributed by atoms with van der Waals surface area (Å²) in [7, 11) is 1.49. The van der Waals surface area contributed by atoms with Crippen LogP contribution < -0.4 is 5.32 Å². The van der Waals surface area contributed by atoms with Crippen molar-refractivity contribution in [1.29, 1.82) is 5.26 Å². The molecule has 0 aliphatic carbocycles. The third-order valence-corrected chi connectivity index (χ3v) is 2.23. The minimum absolute atomic E-state index is 0.185. The maximum absolute atomic E-state index is 11.5. The van der Waals surface area contributed by atoms with Crippen LogP contribution in [-0.4, -0.2) is 19.1 Å². The summed E-state index contributed by atoms with van der Waals surface area (Å²) in [5.41, 5.74) is 1.64. The van der Waals surface area contributed by atoms with Gasteiger partial charge in [0.25, 0.3) is 5.91 Å². The van der Waals surface area contributed by atoms with E-state index in [9.17, 15) is 4.79 Å². The van der Waals surface area contributed by atoms with Crippen LogP contribution in [-0.2, 0) is 16.0 Å². The summed E-state index contributed by atoms with van der Waals surface area (Å²) in [6.07, 6.45) is -0.0957. The van der Waals surface area contributed by atoms with E-state index in [0.29, 0.717) is 12.1 Å². The molecular formula is C12H14N2O2. The number of methoxy groups -OCH3 is 1. The van der Waals surface area contributed by atoms with E-state index in [4.69, 9.17) is 10.00 Å². The van der Waals surface area contributed by atoms with Crippen molar-refractivity contribution in [2.75, 3.05) is 12.4 Å². The van der Waals surface area contributed by atoms with Gasteiger partial charge in [-0.2, -0.15) is 5.26 Å². The van der Waals surface area contributed by atoms with Crippen molar-refractivity contribution in [3.05, 3.63) is 29.8 Å². The third kappa shape index (κ3) is 3.37. The van der Waals surface area contributed by atoms with Gasteiger partial charge < -0.3 is 10.1 Å². The number of nitrogens with zero attached hydrogens (tertiary/aromatic N) is 1. The minimum atomic E-state index is -0.473. The highest BCUT2D eigenvalue weighted by Crippen LogP contribution is 2.10. The lowest BCUT2D eigenvalue weighted by Crippen LogP contribution is -2.26. The lowest BCUT2D eigenvalue weighted by Gasteiger charge is -2.10. The van der Waals surface area contributed by atoms with Gasteiger partial charge in [-0.25, -0.2) is 0 Å². The molecule has 1 atom stereocenters. The van der Waals surface area contributed by atoms with E-state index in [1.807, 2.05) is 12.1 Å². The van der Waals surface area contributed by atoms with Crippen LogP contribution in [0.2, 0.25) is 0 Å². The lowest BCUT2D eigenvalue weighted by atomic mass is 10.1. The first-order valence-corrected chi connectivity index (χ1v) is 4.97. The van der Waals surface area contributed by atoms with Gasteiger partial charge in [0.15, 0.2) is 0 Å². The molecule has 0 bridgehead atoms. The number of rotatable bonds is 4. The number of nitrogens with one attached hydrogen (secondary N) is 1. The van der Waals surface area contributed by atoms with Crippen molar-refractivity contribution in [2.45, 2.75) is 19.4 Å². The third-order valence-electron chi connectivity index (χ3n) is 2.23. The van der Waals surface area contributed by atoms with E-state index in [2.05, 4.69) is 11.4 Å². The van der Waals surface area contributed by atoms with Crippen LogP contribution in [0.3, 0.4) is 0 Å². The molecule has 0 aliphatic rings. The molecule has 4 nitrogen and oxygen atoms in total. The highest BCUT2D eigenvalue weighted by Gasteiger charge is 2.10. The van der Waals surface area contributed by atoms with E-state index >= 15 is 0 Å². The van der Waals surface area contributed by atoms with Crippen LogP contribution in [0.25, 0.3) is 0 Å². The Morgan fingerprint density at radius 3 is 2.62 bits per heavy atom. The Balaban J connectivity index is 2.62. The fraction of sp³-hybridized carbons (Fsp3) is 0.333. The Hall–Kier alpha value is -1.86. The molecule has 1 amide bonds. The Morgan fingerprint density at radius 2 is 2.12 bits per heavy atom. The van der Waals surface area contributed by atoms with E-state index in [-0.39, 0.29) is 5.91 Å². The van der Waals surface area contributed by atoms with Crippen molar-refractivity contribution in [3.8, 4) is 6.07 Å². The van der Waals surface area contributed by atoms with E-state index in [1.54, 1.807) is 19.1 Å². The number of benzene rings is 1. The minimum Gasteiger partial charge on any atom is -0.372 e. The Morgan fingerprint density at radius 1 is 1.50 bits per heavy atom. The number of hydrogen-bond donors (Lipinski definition) is 1. The maximum Gasteiger partial charge on any atom is 0.253 e. The summed E-state index contributed by atoms with van der Waals surface area (Å²) in [5, 5.41) is 11.2. The molecule has 1 unspecified atom stereocenters. The van der Waals surface area contributed by atoms with E-state index < -0.39 is 6.10 Å². The SMILES string of the molecule is COC(C)C(=O)Nc1ccc(CC#N)cc1. The fourth-order valence-corrected chi connectivity index (χ4v) is 1.15. The van der Waals surface area contributed by atoms with Crippen molar-refractivity contribution in [3.63, 3.8) is 0 Å². The standard InChI is InChI=1S/C12H14N2O2/c1-9(16-2)12(15)14-11-5-3-10(4-6-11)7-8-13/h3-6,9H,7H2,1-2H3,(H,14,15). The van der Waals surface area contributed by atoms with Gasteiger partial charge in [0.05, 0.1) is 12.5 Å². The van der Waals surface area contributed by atoms with Crippen LogP contribution >= 0.6 is 0 Å². The summed E-state index contributed by atoms with van der Waals surface area (Å²) in [5.74, 6) is -0.185. The van der Waals surface area contributed by atoms with Crippen molar-refractivity contribution < 1.29 is 9.53 Å². The second-order valence-electron chi connectivity index (χ2n) is 3.40. The molecule has 0 heterocycles. The van der Waals surface area contributed by atoms with Crippen molar-refractivity contribution in [2.24, 2.45) is 0 Å². The molecule has 0 saturated carbocycles. The molecule has 0 aliphatic heterocycles. The first-order valence-electron chi connectivity index (χ1n) is 4.97. The predicted molar refractivity (Wildman–Crippen MR) is 60.9 cm³/mol. The van der Waals surface area contributed by atoms with Gasteiger partial charge in [-0.15, -0.1) is 0 Å². The smallest absolute Gasteiger partial charge is 0.253 e. The number of hydrogen-bond acceptors (Lipinski definition) is 3. The van der Waals surface area contributed by atoms with Crippen LogP contribution in [0.1, 0.15) is 12.5 Å². The zero-order chi connectivity index (χ0) is 12.0. The molecule has 1 rings (SSSR count). The molecule has 1 N–H and O–H groups in total. The van der Waals surface area contributed by atoms with Gasteiger partial charge >= 0.3 is 0 Å². The zero-order valence-corrected chi connectivity index (χ0v) is 9.36. The van der Waals surface area contributed by atoms with Gasteiger partial charge in [-0.1, -0.05) is 12.1 Å². The summed E-state index contributed by atoms with van der Waals surface area (Å²) in [6.45, 7) is 1.68. The van der Waals surface area contributed by atoms with E-state index in [0.717, 1.165) is 5.56 Å². The fourth-order valence-electron chi connectivity index (χ4n) is 1.15. The molecule has 0 spiro atoms. The molecule has 4 heteroatoms. The molecule has 0 radical (unpaired) electrons. The molecule has 1 aromatic carbocycles. The van der Waals surface area contributed by atoms with Crippen LogP contribution in [0, 0.1) is 11.3 Å². The average molecular weight is 218 g/mol. The lowest BCUT2D eigenvalue weighted by molar-refractivity contribution is -0.124. The topological polar surface area (TPSA) is 62.1 Å². The summed E-state index contributed by atoms with van der Waals surface area (Å²) in [6, 6.07) is 9.24. The summed E-state index contributed by atoms with van der Waals surface area (Å²) >= 11 is 0. The summed E-state index contributed by atoms with van der Waals surface area (Å²) in [4.78, 5) is 11.5. The quantitative estimate of drug-likeness (QED) is 0.837. The van der Waals surface area contributed by atoms with Gasteiger partial charge in [0.2, 0.25) is 0 Å². The summed E-state index contributed by atoms with van der Waals surface area (Å²) < 4.78 is 4.89. The maximum atomic E-state index is 11.5. The number of amides is 1. The second kappa shape index (κ2) is 5.89.